The molecule has 0 bridgehead atoms. The van der Waals surface area contributed by atoms with Gasteiger partial charge in [0.1, 0.15) is 11.9 Å². The fraction of sp³-hybridized carbons (Fsp3) is 0.318. The van der Waals surface area contributed by atoms with E-state index in [1.807, 2.05) is 18.2 Å². The highest BCUT2D eigenvalue weighted by Crippen LogP contribution is 2.28. The molecule has 1 N–H and O–H groups in total. The van der Waals surface area contributed by atoms with E-state index in [1.54, 1.807) is 30.5 Å². The predicted octanol–water partition coefficient (Wildman–Crippen LogP) is 3.63. The molecule has 1 fully saturated rings. The van der Waals surface area contributed by atoms with Crippen LogP contribution in [-0.4, -0.2) is 37.7 Å². The lowest BCUT2D eigenvalue weighted by Crippen LogP contribution is -2.29. The topological polar surface area (TPSA) is 87.5 Å². The first-order chi connectivity index (χ1) is 14.2. The van der Waals surface area contributed by atoms with Crippen molar-refractivity contribution in [2.24, 2.45) is 0 Å². The number of carbonyl (C=O) groups is 1. The van der Waals surface area contributed by atoms with Crippen molar-refractivity contribution in [3.05, 3.63) is 48.2 Å². The van der Waals surface area contributed by atoms with Crippen molar-refractivity contribution in [1.29, 1.82) is 5.26 Å². The fourth-order valence-corrected chi connectivity index (χ4v) is 3.16. The summed E-state index contributed by atoms with van der Waals surface area (Å²) >= 11 is 0. The van der Waals surface area contributed by atoms with Gasteiger partial charge in [0, 0.05) is 19.2 Å². The summed E-state index contributed by atoms with van der Waals surface area (Å²) in [5.74, 6) is 1.22. The number of benzene rings is 1. The third-order valence-corrected chi connectivity index (χ3v) is 4.63. The zero-order valence-electron chi connectivity index (χ0n) is 16.4. The van der Waals surface area contributed by atoms with Crippen molar-refractivity contribution in [1.82, 2.24) is 4.98 Å². The molecule has 1 aliphatic rings. The molecule has 0 spiro atoms. The average Bonchev–Trinajstić information content (AvgIpc) is 2.77. The third-order valence-electron chi connectivity index (χ3n) is 4.63. The van der Waals surface area contributed by atoms with E-state index >= 15 is 0 Å². The summed E-state index contributed by atoms with van der Waals surface area (Å²) < 4.78 is 10.6. The van der Waals surface area contributed by atoms with Gasteiger partial charge in [-0.15, -0.1) is 0 Å². The number of nitrogens with one attached hydrogen (secondary N) is 1. The average molecular weight is 392 g/mol. The van der Waals surface area contributed by atoms with Crippen LogP contribution in [0.1, 0.15) is 24.8 Å². The van der Waals surface area contributed by atoms with Gasteiger partial charge in [0.2, 0.25) is 5.91 Å². The molecular weight excluding hydrogens is 368 g/mol. The highest BCUT2D eigenvalue weighted by atomic mass is 16.5. The summed E-state index contributed by atoms with van der Waals surface area (Å²) in [6.45, 7) is 2.05. The number of hydrogen-bond donors (Lipinski definition) is 1. The minimum absolute atomic E-state index is 0.0580. The number of amides is 1. The Balaban J connectivity index is 1.58. The van der Waals surface area contributed by atoms with Crippen LogP contribution in [0, 0.1) is 11.3 Å². The summed E-state index contributed by atoms with van der Waals surface area (Å²) in [4.78, 5) is 18.9. The zero-order chi connectivity index (χ0) is 20.5. The van der Waals surface area contributed by atoms with Crippen LogP contribution < -0.4 is 19.7 Å². The van der Waals surface area contributed by atoms with Crippen LogP contribution in [0.3, 0.4) is 0 Å². The van der Waals surface area contributed by atoms with Gasteiger partial charge in [-0.3, -0.25) is 4.79 Å². The molecule has 1 amide bonds. The van der Waals surface area contributed by atoms with E-state index in [-0.39, 0.29) is 12.5 Å². The molecule has 0 aliphatic carbocycles. The summed E-state index contributed by atoms with van der Waals surface area (Å²) in [7, 11) is 1.52. The number of nitriles is 1. The second-order valence-electron chi connectivity index (χ2n) is 6.63. The van der Waals surface area contributed by atoms with Crippen molar-refractivity contribution in [2.45, 2.75) is 19.3 Å². The van der Waals surface area contributed by atoms with Crippen LogP contribution in [0.5, 0.6) is 11.5 Å². The van der Waals surface area contributed by atoms with Crippen molar-refractivity contribution in [2.75, 3.05) is 37.0 Å². The molecule has 1 aromatic heterocycles. The first kappa shape index (κ1) is 20.2. The van der Waals surface area contributed by atoms with E-state index in [2.05, 4.69) is 15.2 Å². The lowest BCUT2D eigenvalue weighted by molar-refractivity contribution is -0.111. The molecule has 150 valence electrons. The summed E-state index contributed by atoms with van der Waals surface area (Å²) in [6.07, 6.45) is 8.61. The first-order valence-corrected chi connectivity index (χ1v) is 9.57. The summed E-state index contributed by atoms with van der Waals surface area (Å²) in [5, 5.41) is 11.4. The normalized spacial score (nSPS) is 13.7. The molecule has 0 radical (unpaired) electrons. The molecular formula is C22H24N4O3. The van der Waals surface area contributed by atoms with Crippen LogP contribution in [0.25, 0.3) is 6.08 Å². The molecule has 3 rings (SSSR count). The summed E-state index contributed by atoms with van der Waals surface area (Å²) in [5.41, 5.74) is 1.86. The predicted molar refractivity (Wildman–Crippen MR) is 112 cm³/mol. The number of pyridine rings is 1. The molecule has 0 saturated carbocycles. The second kappa shape index (κ2) is 10.1. The highest BCUT2D eigenvalue weighted by molar-refractivity contribution is 6.01. The maximum absolute atomic E-state index is 12.2. The number of methoxy groups -OCH3 is 1. The smallest absolute Gasteiger partial charge is 0.249 e. The second-order valence-corrected chi connectivity index (χ2v) is 6.63. The van der Waals surface area contributed by atoms with E-state index < -0.39 is 0 Å². The highest BCUT2D eigenvalue weighted by Gasteiger charge is 2.11. The third kappa shape index (κ3) is 5.72. The number of anilines is 2. The van der Waals surface area contributed by atoms with Crippen LogP contribution in [0.15, 0.2) is 42.6 Å². The van der Waals surface area contributed by atoms with Gasteiger partial charge < -0.3 is 19.7 Å². The number of rotatable bonds is 7. The number of carbonyl (C=O) groups excluding carboxylic acids is 1. The van der Waals surface area contributed by atoms with E-state index in [0.29, 0.717) is 17.3 Å². The number of nitrogens with zero attached hydrogens (tertiary/aromatic N) is 3. The summed E-state index contributed by atoms with van der Waals surface area (Å²) in [6, 6.07) is 10.9. The van der Waals surface area contributed by atoms with Crippen LogP contribution in [0.2, 0.25) is 0 Å². The van der Waals surface area contributed by atoms with Crippen molar-refractivity contribution in [3.63, 3.8) is 0 Å². The minimum atomic E-state index is -0.271. The van der Waals surface area contributed by atoms with Gasteiger partial charge in [0.15, 0.2) is 18.1 Å². The Kier molecular flexibility index (Phi) is 7.06. The molecule has 7 heteroatoms. The number of piperidine rings is 1. The Morgan fingerprint density at radius 1 is 1.24 bits per heavy atom. The quantitative estimate of drug-likeness (QED) is 0.724. The molecule has 0 unspecified atom stereocenters. The van der Waals surface area contributed by atoms with Crippen LogP contribution in [0.4, 0.5) is 11.5 Å². The lowest BCUT2D eigenvalue weighted by atomic mass is 10.1. The Morgan fingerprint density at radius 2 is 2.07 bits per heavy atom. The Hall–Kier alpha value is -3.53. The molecule has 1 aliphatic heterocycles. The first-order valence-electron chi connectivity index (χ1n) is 9.57. The largest absolute Gasteiger partial charge is 0.493 e. The molecule has 0 atom stereocenters. The molecule has 2 heterocycles. The van der Waals surface area contributed by atoms with Gasteiger partial charge in [0.25, 0.3) is 0 Å². The molecule has 1 aromatic carbocycles. The van der Waals surface area contributed by atoms with Crippen LogP contribution in [-0.2, 0) is 4.79 Å². The van der Waals surface area contributed by atoms with Crippen molar-refractivity contribution >= 4 is 23.5 Å². The van der Waals surface area contributed by atoms with E-state index in [4.69, 9.17) is 14.7 Å². The van der Waals surface area contributed by atoms with Gasteiger partial charge in [-0.25, -0.2) is 4.98 Å². The van der Waals surface area contributed by atoms with Gasteiger partial charge in [-0.2, -0.15) is 5.26 Å². The number of hydrogen-bond acceptors (Lipinski definition) is 6. The zero-order valence-corrected chi connectivity index (χ0v) is 16.4. The Morgan fingerprint density at radius 3 is 2.76 bits per heavy atom. The monoisotopic (exact) mass is 392 g/mol. The Labute approximate surface area is 170 Å². The van der Waals surface area contributed by atoms with E-state index in [1.165, 1.54) is 32.4 Å². The fourth-order valence-electron chi connectivity index (χ4n) is 3.16. The number of aromatic nitrogens is 1. The maximum atomic E-state index is 12.2. The molecule has 7 nitrogen and oxygen atoms in total. The molecule has 29 heavy (non-hydrogen) atoms. The number of ether oxygens (including phenoxy) is 2. The van der Waals surface area contributed by atoms with Gasteiger partial charge >= 0.3 is 0 Å². The standard InChI is InChI=1S/C22H24N4O3/c1-28-20-15-17(5-8-19(20)29-14-11-23)6-10-22(27)25-21-9-7-18(16-24-21)26-12-3-2-4-13-26/h5-10,15-16H,2-4,12-14H2,1H3,(H,24,25,27)/b10-6+. The van der Waals surface area contributed by atoms with Gasteiger partial charge in [-0.1, -0.05) is 6.07 Å². The SMILES string of the molecule is COc1cc(/C=C/C(=O)Nc2ccc(N3CCCCC3)cn2)ccc1OCC#N. The van der Waals surface area contributed by atoms with Gasteiger partial charge in [0.05, 0.1) is 19.0 Å². The van der Waals surface area contributed by atoms with Crippen molar-refractivity contribution in [3.8, 4) is 17.6 Å². The molecule has 1 saturated heterocycles. The van der Waals surface area contributed by atoms with Crippen molar-refractivity contribution < 1.29 is 14.3 Å². The van der Waals surface area contributed by atoms with E-state index in [0.717, 1.165) is 24.3 Å². The Bertz CT molecular complexity index is 897. The minimum Gasteiger partial charge on any atom is -0.493 e. The van der Waals surface area contributed by atoms with E-state index in [9.17, 15) is 4.79 Å². The molecule has 2 aromatic rings. The lowest BCUT2D eigenvalue weighted by Gasteiger charge is -2.28. The van der Waals surface area contributed by atoms with Crippen LogP contribution >= 0.6 is 0 Å². The van der Waals surface area contributed by atoms with Gasteiger partial charge in [-0.05, 0) is 55.2 Å². The maximum Gasteiger partial charge on any atom is 0.249 e.